The number of benzene rings is 1. The van der Waals surface area contributed by atoms with E-state index in [0.717, 1.165) is 44.9 Å². The molecule has 2 aliphatic rings. The normalized spacial score (nSPS) is 21.5. The minimum absolute atomic E-state index is 0.0542. The maximum absolute atomic E-state index is 13.4. The Morgan fingerprint density at radius 3 is 2.57 bits per heavy atom. The second-order valence-corrected chi connectivity index (χ2v) is 8.25. The van der Waals surface area contributed by atoms with Gasteiger partial charge in [-0.15, -0.1) is 0 Å². The molecule has 0 radical (unpaired) electrons. The topological polar surface area (TPSA) is 54.8 Å². The molecule has 3 heterocycles. The Bertz CT molecular complexity index is 940. The number of aromatic nitrogens is 1. The summed E-state index contributed by atoms with van der Waals surface area (Å²) in [6.07, 6.45) is 8.79. The first-order valence-electron chi connectivity index (χ1n) is 11.1. The van der Waals surface area contributed by atoms with Gasteiger partial charge in [-0.2, -0.15) is 0 Å². The van der Waals surface area contributed by atoms with Crippen molar-refractivity contribution in [3.63, 3.8) is 0 Å². The van der Waals surface area contributed by atoms with Gasteiger partial charge in [0.25, 0.3) is 5.91 Å². The van der Waals surface area contributed by atoms with E-state index in [2.05, 4.69) is 36.2 Å². The fourth-order valence-corrected chi connectivity index (χ4v) is 4.63. The van der Waals surface area contributed by atoms with Gasteiger partial charge in [0, 0.05) is 19.3 Å². The maximum Gasteiger partial charge on any atom is 0.277 e. The molecule has 0 N–H and O–H groups in total. The van der Waals surface area contributed by atoms with Gasteiger partial charge in [-0.3, -0.25) is 19.3 Å². The van der Waals surface area contributed by atoms with Gasteiger partial charge in [0.05, 0.1) is 12.6 Å². The second-order valence-electron chi connectivity index (χ2n) is 8.25. The Kier molecular flexibility index (Phi) is 6.11. The lowest BCUT2D eigenvalue weighted by Gasteiger charge is -2.50. The fourth-order valence-electron chi connectivity index (χ4n) is 4.63. The summed E-state index contributed by atoms with van der Waals surface area (Å²) in [5.41, 5.74) is 1.34. The van der Waals surface area contributed by atoms with Crippen molar-refractivity contribution in [3.8, 4) is 5.75 Å². The molecular weight excluding hydrogens is 378 g/mol. The van der Waals surface area contributed by atoms with Crippen LogP contribution < -0.4 is 15.2 Å². The van der Waals surface area contributed by atoms with Gasteiger partial charge in [-0.05, 0) is 31.2 Å². The number of ether oxygens (including phenoxy) is 1. The van der Waals surface area contributed by atoms with Crippen LogP contribution in [0.2, 0.25) is 0 Å². The van der Waals surface area contributed by atoms with Crippen LogP contribution in [-0.4, -0.2) is 35.3 Å². The Labute approximate surface area is 178 Å². The van der Waals surface area contributed by atoms with Gasteiger partial charge in [-0.1, -0.05) is 56.5 Å². The first-order chi connectivity index (χ1) is 14.6. The number of hydrogen-bond acceptors (Lipinski definition) is 4. The predicted molar refractivity (Wildman–Crippen MR) is 117 cm³/mol. The average Bonchev–Trinajstić information content (AvgIpc) is 2.74. The van der Waals surface area contributed by atoms with Crippen LogP contribution >= 0.6 is 0 Å². The Morgan fingerprint density at radius 1 is 1.03 bits per heavy atom. The highest BCUT2D eigenvalue weighted by Gasteiger charge is 2.41. The van der Waals surface area contributed by atoms with Gasteiger partial charge >= 0.3 is 0 Å². The minimum atomic E-state index is -0.235. The van der Waals surface area contributed by atoms with Crippen molar-refractivity contribution < 1.29 is 9.53 Å². The van der Waals surface area contributed by atoms with Gasteiger partial charge in [0.15, 0.2) is 11.4 Å². The summed E-state index contributed by atoms with van der Waals surface area (Å²) >= 11 is 0. The zero-order valence-corrected chi connectivity index (χ0v) is 17.9. The number of unbranched alkanes of at least 4 members (excludes halogenated alkanes) is 1. The highest BCUT2D eigenvalue weighted by Crippen LogP contribution is 2.36. The van der Waals surface area contributed by atoms with E-state index in [1.165, 1.54) is 11.6 Å². The summed E-state index contributed by atoms with van der Waals surface area (Å²) in [5.74, 6) is 0.0305. The summed E-state index contributed by atoms with van der Waals surface area (Å²) < 4.78 is 7.76. The quantitative estimate of drug-likeness (QED) is 0.698. The Balaban J connectivity index is 1.86. The molecule has 2 atom stereocenters. The van der Waals surface area contributed by atoms with E-state index < -0.39 is 0 Å². The molecule has 1 saturated heterocycles. The van der Waals surface area contributed by atoms with Crippen LogP contribution in [-0.2, 0) is 0 Å². The number of carbonyl (C=O) groups is 1. The zero-order chi connectivity index (χ0) is 21.1. The van der Waals surface area contributed by atoms with E-state index in [9.17, 15) is 9.59 Å². The number of carbonyl (C=O) groups excluding carboxylic acids is 1. The van der Waals surface area contributed by atoms with E-state index >= 15 is 0 Å². The molecule has 2 aliphatic heterocycles. The largest absolute Gasteiger partial charge is 0.487 e. The van der Waals surface area contributed by atoms with Crippen molar-refractivity contribution in [1.29, 1.82) is 0 Å². The number of pyridine rings is 1. The van der Waals surface area contributed by atoms with Gasteiger partial charge < -0.3 is 9.64 Å². The molecule has 1 aromatic carbocycles. The second kappa shape index (κ2) is 8.94. The summed E-state index contributed by atoms with van der Waals surface area (Å²) in [6.45, 7) is 2.51. The number of amides is 1. The van der Waals surface area contributed by atoms with Crippen molar-refractivity contribution in [1.82, 2.24) is 9.58 Å². The van der Waals surface area contributed by atoms with E-state index in [1.54, 1.807) is 11.1 Å². The lowest BCUT2D eigenvalue weighted by molar-refractivity contribution is 0.0578. The molecule has 30 heavy (non-hydrogen) atoms. The number of fused-ring (bicyclic) bond motifs is 3. The summed E-state index contributed by atoms with van der Waals surface area (Å²) in [7, 11) is 1.85. The molecule has 2 aromatic rings. The van der Waals surface area contributed by atoms with Crippen molar-refractivity contribution in [2.24, 2.45) is 0 Å². The first kappa shape index (κ1) is 20.5. The molecule has 4 rings (SSSR count). The fraction of sp³-hybridized carbons (Fsp3) is 0.500. The summed E-state index contributed by atoms with van der Waals surface area (Å²) in [6, 6.07) is 12.1. The standard InChI is InChI=1S/C24H31N3O3/c1-3-4-17-30-23-20(28)15-16-26-22(23)24(29)25(2)21-14-10-6-9-13-19(27(21)26)18-11-7-5-8-12-18/h5,7-8,11-12,15-16,19,21H,3-4,6,9-10,13-14,17H2,1-2H3. The predicted octanol–water partition coefficient (Wildman–Crippen LogP) is 4.08. The third-order valence-corrected chi connectivity index (χ3v) is 6.25. The van der Waals surface area contributed by atoms with E-state index in [4.69, 9.17) is 4.74 Å². The molecule has 1 amide bonds. The average molecular weight is 410 g/mol. The van der Waals surface area contributed by atoms with Crippen LogP contribution in [0.3, 0.4) is 0 Å². The van der Waals surface area contributed by atoms with Crippen molar-refractivity contribution in [2.75, 3.05) is 18.7 Å². The van der Waals surface area contributed by atoms with E-state index in [-0.39, 0.29) is 29.3 Å². The molecule has 0 aliphatic carbocycles. The van der Waals surface area contributed by atoms with Crippen molar-refractivity contribution in [3.05, 3.63) is 64.1 Å². The molecule has 1 aromatic heterocycles. The third-order valence-electron chi connectivity index (χ3n) is 6.25. The van der Waals surface area contributed by atoms with Gasteiger partial charge in [-0.25, -0.2) is 0 Å². The molecule has 160 valence electrons. The highest BCUT2D eigenvalue weighted by atomic mass is 16.5. The van der Waals surface area contributed by atoms with Crippen LogP contribution in [0, 0.1) is 0 Å². The van der Waals surface area contributed by atoms with Crippen LogP contribution in [0.15, 0.2) is 47.4 Å². The summed E-state index contributed by atoms with van der Waals surface area (Å²) in [4.78, 5) is 27.8. The van der Waals surface area contributed by atoms with Crippen LogP contribution in [0.25, 0.3) is 0 Å². The zero-order valence-electron chi connectivity index (χ0n) is 17.9. The van der Waals surface area contributed by atoms with Crippen LogP contribution in [0.4, 0.5) is 0 Å². The maximum atomic E-state index is 13.4. The molecule has 0 bridgehead atoms. The van der Waals surface area contributed by atoms with E-state index in [1.807, 2.05) is 17.8 Å². The summed E-state index contributed by atoms with van der Waals surface area (Å²) in [5, 5.41) is 2.29. The molecule has 1 fully saturated rings. The third kappa shape index (κ3) is 3.71. The lowest BCUT2D eigenvalue weighted by Crippen LogP contribution is -2.61. The van der Waals surface area contributed by atoms with Crippen molar-refractivity contribution >= 4 is 5.91 Å². The number of hydrogen-bond donors (Lipinski definition) is 0. The molecule has 0 saturated carbocycles. The molecular formula is C24H31N3O3. The first-order valence-corrected chi connectivity index (χ1v) is 11.1. The molecule has 6 nitrogen and oxygen atoms in total. The Morgan fingerprint density at radius 2 is 1.80 bits per heavy atom. The number of nitrogens with zero attached hydrogens (tertiary/aromatic N) is 3. The van der Waals surface area contributed by atoms with E-state index in [0.29, 0.717) is 12.3 Å². The van der Waals surface area contributed by atoms with Gasteiger partial charge in [0.1, 0.15) is 6.17 Å². The highest BCUT2D eigenvalue weighted by molar-refractivity contribution is 5.96. The molecule has 2 unspecified atom stereocenters. The molecule has 0 spiro atoms. The van der Waals surface area contributed by atoms with Gasteiger partial charge in [0.2, 0.25) is 5.43 Å². The van der Waals surface area contributed by atoms with Crippen LogP contribution in [0.1, 0.15) is 74.0 Å². The van der Waals surface area contributed by atoms with Crippen molar-refractivity contribution in [2.45, 2.75) is 64.1 Å². The molecule has 6 heteroatoms. The monoisotopic (exact) mass is 409 g/mol. The Hall–Kier alpha value is -2.76. The minimum Gasteiger partial charge on any atom is -0.487 e. The smallest absolute Gasteiger partial charge is 0.277 e. The van der Waals surface area contributed by atoms with Crippen LogP contribution in [0.5, 0.6) is 5.75 Å². The number of rotatable bonds is 5. The lowest BCUT2D eigenvalue weighted by atomic mass is 9.95. The SMILES string of the molecule is CCCCOc1c2n(ccc1=O)N1C(c3ccccc3)CCCCCC1N(C)C2=O.